The number of likely N-dealkylation sites (N-methyl/N-ethyl adjacent to an activating group) is 1. The number of fused-ring (bicyclic) bond motifs is 1. The number of amidine groups is 1. The van der Waals surface area contributed by atoms with Crippen LogP contribution < -0.4 is 5.32 Å². The number of hydrogen-bond acceptors (Lipinski definition) is 5. The quantitative estimate of drug-likeness (QED) is 0.199. The fourth-order valence-electron chi connectivity index (χ4n) is 4.33. The predicted octanol–water partition coefficient (Wildman–Crippen LogP) is 5.05. The minimum atomic E-state index is -0.516. The number of imidazole rings is 1. The van der Waals surface area contributed by atoms with Gasteiger partial charge in [0.25, 0.3) is 0 Å². The number of benzene rings is 1. The number of aromatic nitrogens is 3. The highest BCUT2D eigenvalue weighted by atomic mass is 35.5. The smallest absolute Gasteiger partial charge is 0.179 e. The van der Waals surface area contributed by atoms with Crippen LogP contribution >= 0.6 is 11.6 Å². The molecular formula is C23H28ClFN6O. The van der Waals surface area contributed by atoms with E-state index in [4.69, 9.17) is 11.6 Å². The normalized spacial score (nSPS) is 15.6. The highest BCUT2D eigenvalue weighted by molar-refractivity contribution is 6.31. The maximum Gasteiger partial charge on any atom is 0.179 e. The first kappa shape index (κ1) is 22.5. The Kier molecular flexibility index (Phi) is 7.22. The number of hydrogen-bond donors (Lipinski definition) is 3. The number of nitrogens with one attached hydrogen (secondary N) is 2. The molecule has 3 N–H and O–H groups in total. The molecule has 9 heteroatoms. The number of nitrogens with zero attached hydrogens (tertiary/aromatic N) is 4. The fourth-order valence-corrected chi connectivity index (χ4v) is 4.51. The number of halogens is 2. The van der Waals surface area contributed by atoms with Gasteiger partial charge in [-0.15, -0.1) is 0 Å². The average Bonchev–Trinajstić information content (AvgIpc) is 3.22. The highest BCUT2D eigenvalue weighted by Gasteiger charge is 2.17. The summed E-state index contributed by atoms with van der Waals surface area (Å²) in [6.07, 6.45) is 9.12. The summed E-state index contributed by atoms with van der Waals surface area (Å²) in [5, 5.41) is 16.0. The molecule has 0 saturated heterocycles. The van der Waals surface area contributed by atoms with E-state index in [1.807, 2.05) is 0 Å². The van der Waals surface area contributed by atoms with Crippen molar-refractivity contribution in [3.8, 4) is 0 Å². The minimum absolute atomic E-state index is 0.0201. The van der Waals surface area contributed by atoms with Gasteiger partial charge in [-0.3, -0.25) is 0 Å². The lowest BCUT2D eigenvalue weighted by Gasteiger charge is -2.26. The largest absolute Gasteiger partial charge is 0.409 e. The topological polar surface area (TPSA) is 89.4 Å². The lowest BCUT2D eigenvalue weighted by molar-refractivity contribution is 0.234. The lowest BCUT2D eigenvalue weighted by Crippen LogP contribution is -2.29. The third-order valence-electron chi connectivity index (χ3n) is 6.00. The van der Waals surface area contributed by atoms with Crippen molar-refractivity contribution in [2.75, 3.05) is 25.5 Å². The number of anilines is 1. The first-order chi connectivity index (χ1) is 15.5. The van der Waals surface area contributed by atoms with Gasteiger partial charge in [0, 0.05) is 37.0 Å². The molecule has 0 radical (unpaired) electrons. The van der Waals surface area contributed by atoms with Crippen LogP contribution in [-0.2, 0) is 6.42 Å². The third-order valence-corrected chi connectivity index (χ3v) is 6.29. The Morgan fingerprint density at radius 3 is 2.88 bits per heavy atom. The van der Waals surface area contributed by atoms with Crippen molar-refractivity contribution < 1.29 is 9.60 Å². The van der Waals surface area contributed by atoms with E-state index in [1.165, 1.54) is 50.3 Å². The molecule has 0 bridgehead atoms. The molecule has 170 valence electrons. The fraction of sp³-hybridized carbons (Fsp3) is 0.435. The molecule has 0 atom stereocenters. The summed E-state index contributed by atoms with van der Waals surface area (Å²) in [5.74, 6) is 1.30. The maximum absolute atomic E-state index is 13.4. The van der Waals surface area contributed by atoms with Crippen LogP contribution in [0.1, 0.15) is 43.5 Å². The molecule has 2 aromatic heterocycles. The second-order valence-electron chi connectivity index (χ2n) is 8.46. The molecule has 1 aliphatic rings. The monoisotopic (exact) mass is 458 g/mol. The van der Waals surface area contributed by atoms with Gasteiger partial charge in [0.15, 0.2) is 11.5 Å². The SMILES string of the molecule is CN(CCc1nc2nccc(/C(=N/O)Nc3ccc(F)c(Cl)c3)c2[nH]1)CC1CCCCC1. The lowest BCUT2D eigenvalue weighted by atomic mass is 9.89. The molecule has 0 amide bonds. The van der Waals surface area contributed by atoms with E-state index in [2.05, 4.69) is 37.4 Å². The van der Waals surface area contributed by atoms with E-state index >= 15 is 0 Å². The van der Waals surface area contributed by atoms with Gasteiger partial charge in [-0.2, -0.15) is 0 Å². The zero-order valence-corrected chi connectivity index (χ0v) is 18.9. The van der Waals surface area contributed by atoms with E-state index in [-0.39, 0.29) is 10.9 Å². The van der Waals surface area contributed by atoms with E-state index in [9.17, 15) is 9.60 Å². The van der Waals surface area contributed by atoms with Crippen molar-refractivity contribution in [2.24, 2.45) is 11.1 Å². The molecule has 32 heavy (non-hydrogen) atoms. The summed E-state index contributed by atoms with van der Waals surface area (Å²) < 4.78 is 13.4. The summed E-state index contributed by atoms with van der Waals surface area (Å²) in [7, 11) is 2.16. The number of oxime groups is 1. The van der Waals surface area contributed by atoms with Gasteiger partial charge < -0.3 is 20.4 Å². The van der Waals surface area contributed by atoms with Gasteiger partial charge in [-0.25, -0.2) is 14.4 Å². The van der Waals surface area contributed by atoms with Crippen molar-refractivity contribution >= 4 is 34.3 Å². The zero-order valence-electron chi connectivity index (χ0n) is 18.1. The molecule has 2 heterocycles. The Bertz CT molecular complexity index is 1100. The molecule has 1 aromatic carbocycles. The van der Waals surface area contributed by atoms with Gasteiger partial charge in [0.05, 0.1) is 10.5 Å². The molecule has 3 aromatic rings. The van der Waals surface area contributed by atoms with Crippen LogP contribution in [0.3, 0.4) is 0 Å². The van der Waals surface area contributed by atoms with Crippen molar-refractivity contribution in [1.29, 1.82) is 0 Å². The van der Waals surface area contributed by atoms with Crippen LogP contribution in [0.2, 0.25) is 5.02 Å². The van der Waals surface area contributed by atoms with Crippen LogP contribution in [0, 0.1) is 11.7 Å². The van der Waals surface area contributed by atoms with Crippen LogP contribution in [0.15, 0.2) is 35.6 Å². The van der Waals surface area contributed by atoms with Crippen molar-refractivity contribution in [3.05, 3.63) is 52.7 Å². The number of pyridine rings is 1. The molecule has 0 spiro atoms. The Labute approximate surface area is 191 Å². The molecule has 4 rings (SSSR count). The molecule has 1 saturated carbocycles. The number of aromatic amines is 1. The summed E-state index contributed by atoms with van der Waals surface area (Å²) in [6, 6.07) is 5.93. The zero-order chi connectivity index (χ0) is 22.5. The second kappa shape index (κ2) is 10.3. The summed E-state index contributed by atoms with van der Waals surface area (Å²) >= 11 is 5.86. The summed E-state index contributed by atoms with van der Waals surface area (Å²) in [4.78, 5) is 14.7. The van der Waals surface area contributed by atoms with Crippen LogP contribution in [0.5, 0.6) is 0 Å². The molecule has 1 fully saturated rings. The van der Waals surface area contributed by atoms with Crippen LogP contribution in [0.25, 0.3) is 11.2 Å². The molecular weight excluding hydrogens is 431 g/mol. The Morgan fingerprint density at radius 1 is 1.31 bits per heavy atom. The van der Waals surface area contributed by atoms with Crippen LogP contribution in [0.4, 0.5) is 10.1 Å². The Morgan fingerprint density at radius 2 is 2.12 bits per heavy atom. The highest BCUT2D eigenvalue weighted by Crippen LogP contribution is 2.24. The van der Waals surface area contributed by atoms with E-state index in [0.29, 0.717) is 22.4 Å². The van der Waals surface area contributed by atoms with Gasteiger partial charge >= 0.3 is 0 Å². The minimum Gasteiger partial charge on any atom is -0.409 e. The van der Waals surface area contributed by atoms with Crippen LogP contribution in [-0.4, -0.2) is 51.0 Å². The van der Waals surface area contributed by atoms with E-state index in [0.717, 1.165) is 31.3 Å². The van der Waals surface area contributed by atoms with E-state index < -0.39 is 5.82 Å². The standard InChI is InChI=1S/C23H28ClFN6O/c1-31(14-15-5-3-2-4-6-15)12-10-20-28-21-17(9-11-26-23(21)29-20)22(30-32)27-16-7-8-19(25)18(24)13-16/h7-9,11,13,15,32H,2-6,10,12,14H2,1H3,(H,27,30)(H,26,28,29). The van der Waals surface area contributed by atoms with Gasteiger partial charge in [0.2, 0.25) is 0 Å². The summed E-state index contributed by atoms with van der Waals surface area (Å²) in [6.45, 7) is 2.02. The Balaban J connectivity index is 1.46. The van der Waals surface area contributed by atoms with Crippen molar-refractivity contribution in [3.63, 3.8) is 0 Å². The first-order valence-corrected chi connectivity index (χ1v) is 11.4. The first-order valence-electron chi connectivity index (χ1n) is 11.0. The molecule has 7 nitrogen and oxygen atoms in total. The van der Waals surface area contributed by atoms with Gasteiger partial charge in [-0.05, 0) is 50.1 Å². The third kappa shape index (κ3) is 5.37. The molecule has 0 unspecified atom stereocenters. The van der Waals surface area contributed by atoms with Crippen molar-refractivity contribution in [2.45, 2.75) is 38.5 Å². The molecule has 1 aliphatic carbocycles. The molecule has 0 aliphatic heterocycles. The maximum atomic E-state index is 13.4. The van der Waals surface area contributed by atoms with E-state index in [1.54, 1.807) is 12.3 Å². The Hall–Kier alpha value is -2.71. The number of rotatable bonds is 7. The average molecular weight is 459 g/mol. The van der Waals surface area contributed by atoms with Gasteiger partial charge in [-0.1, -0.05) is 36.0 Å². The van der Waals surface area contributed by atoms with Gasteiger partial charge in [0.1, 0.15) is 11.6 Å². The predicted molar refractivity (Wildman–Crippen MR) is 125 cm³/mol. The second-order valence-corrected chi connectivity index (χ2v) is 8.87. The number of H-pyrrole nitrogens is 1. The summed E-state index contributed by atoms with van der Waals surface area (Å²) in [5.41, 5.74) is 2.32. The van der Waals surface area contributed by atoms with Crippen molar-refractivity contribution in [1.82, 2.24) is 19.9 Å².